The summed E-state index contributed by atoms with van der Waals surface area (Å²) in [5, 5.41) is 14.2. The van der Waals surface area contributed by atoms with Crippen molar-refractivity contribution in [2.45, 2.75) is 38.3 Å². The average molecular weight is 257 g/mol. The molecular formula is C11H19N3O4. The van der Waals surface area contributed by atoms with Crippen LogP contribution in [0.1, 0.15) is 26.2 Å². The number of primary amides is 1. The number of hydrogen-bond donors (Lipinski definition) is 4. The van der Waals surface area contributed by atoms with Gasteiger partial charge in [0, 0.05) is 0 Å². The molecule has 1 rings (SSSR count). The maximum atomic E-state index is 11.9. The number of nitrogens with two attached hydrogens (primary N) is 1. The molecule has 7 nitrogen and oxygen atoms in total. The first kappa shape index (κ1) is 14.4. The highest BCUT2D eigenvalue weighted by molar-refractivity contribution is 5.90. The molecule has 3 atom stereocenters. The number of amides is 2. The van der Waals surface area contributed by atoms with E-state index in [-0.39, 0.29) is 0 Å². The minimum Gasteiger partial charge on any atom is -0.480 e. The van der Waals surface area contributed by atoms with E-state index in [1.807, 2.05) is 6.92 Å². The van der Waals surface area contributed by atoms with Crippen LogP contribution in [-0.2, 0) is 14.4 Å². The molecule has 0 saturated carbocycles. The fourth-order valence-corrected chi connectivity index (χ4v) is 1.98. The van der Waals surface area contributed by atoms with Crippen LogP contribution in [-0.4, -0.2) is 41.5 Å². The molecule has 5 N–H and O–H groups in total. The molecule has 1 aliphatic rings. The fraction of sp³-hybridized carbons (Fsp3) is 0.727. The van der Waals surface area contributed by atoms with E-state index in [4.69, 9.17) is 10.8 Å². The number of carbonyl (C=O) groups excluding carboxylic acids is 2. The summed E-state index contributed by atoms with van der Waals surface area (Å²) >= 11 is 0. The van der Waals surface area contributed by atoms with Gasteiger partial charge in [-0.1, -0.05) is 6.92 Å². The number of piperidine rings is 1. The van der Waals surface area contributed by atoms with Crippen LogP contribution in [0, 0.1) is 5.92 Å². The van der Waals surface area contributed by atoms with Crippen LogP contribution in [0.3, 0.4) is 0 Å². The molecule has 2 unspecified atom stereocenters. The van der Waals surface area contributed by atoms with Gasteiger partial charge in [0.1, 0.15) is 6.04 Å². The SMILES string of the molecule is CC1CCNC(C(=O)N[C@@H](CC(N)=O)C(=O)O)C1. The van der Waals surface area contributed by atoms with Gasteiger partial charge in [0.05, 0.1) is 12.5 Å². The Morgan fingerprint density at radius 2 is 2.17 bits per heavy atom. The molecule has 0 aromatic rings. The van der Waals surface area contributed by atoms with Gasteiger partial charge >= 0.3 is 5.97 Å². The van der Waals surface area contributed by atoms with Gasteiger partial charge in [0.2, 0.25) is 11.8 Å². The zero-order valence-electron chi connectivity index (χ0n) is 10.3. The number of carboxylic acid groups (broad SMARTS) is 1. The van der Waals surface area contributed by atoms with Gasteiger partial charge in [-0.15, -0.1) is 0 Å². The van der Waals surface area contributed by atoms with Crippen molar-refractivity contribution in [2.75, 3.05) is 6.54 Å². The molecule has 0 aromatic carbocycles. The number of carbonyl (C=O) groups is 3. The van der Waals surface area contributed by atoms with Gasteiger partial charge in [-0.3, -0.25) is 9.59 Å². The summed E-state index contributed by atoms with van der Waals surface area (Å²) in [6, 6.07) is -1.66. The second kappa shape index (κ2) is 6.34. The zero-order valence-corrected chi connectivity index (χ0v) is 10.3. The third-order valence-electron chi connectivity index (χ3n) is 3.00. The standard InChI is InChI=1S/C11H19N3O4/c1-6-2-3-13-7(4-6)10(16)14-8(11(17)18)5-9(12)15/h6-8,13H,2-5H2,1H3,(H2,12,15)(H,14,16)(H,17,18)/t6?,7?,8-/m0/s1. The van der Waals surface area contributed by atoms with Crippen LogP contribution in [0.5, 0.6) is 0 Å². The third-order valence-corrected chi connectivity index (χ3v) is 3.00. The molecule has 0 radical (unpaired) electrons. The number of carboxylic acids is 1. The summed E-state index contributed by atoms with van der Waals surface area (Å²) in [6.07, 6.45) is 1.26. The number of aliphatic carboxylic acids is 1. The van der Waals surface area contributed by atoms with E-state index < -0.39 is 36.3 Å². The number of hydrogen-bond acceptors (Lipinski definition) is 4. The lowest BCUT2D eigenvalue weighted by molar-refractivity contribution is -0.143. The normalized spacial score (nSPS) is 25.2. The largest absolute Gasteiger partial charge is 0.480 e. The summed E-state index contributed by atoms with van der Waals surface area (Å²) in [7, 11) is 0. The monoisotopic (exact) mass is 257 g/mol. The molecule has 1 saturated heterocycles. The molecule has 1 fully saturated rings. The van der Waals surface area contributed by atoms with Crippen molar-refractivity contribution in [3.63, 3.8) is 0 Å². The smallest absolute Gasteiger partial charge is 0.326 e. The van der Waals surface area contributed by atoms with E-state index >= 15 is 0 Å². The molecule has 0 aromatic heterocycles. The fourth-order valence-electron chi connectivity index (χ4n) is 1.98. The highest BCUT2D eigenvalue weighted by Gasteiger charge is 2.29. The lowest BCUT2D eigenvalue weighted by atomic mass is 9.93. The molecule has 7 heteroatoms. The Balaban J connectivity index is 2.54. The van der Waals surface area contributed by atoms with Gasteiger partial charge < -0.3 is 21.5 Å². The van der Waals surface area contributed by atoms with Crippen LogP contribution in [0.2, 0.25) is 0 Å². The topological polar surface area (TPSA) is 122 Å². The van der Waals surface area contributed by atoms with Crippen molar-refractivity contribution < 1.29 is 19.5 Å². The van der Waals surface area contributed by atoms with Gasteiger partial charge in [-0.25, -0.2) is 4.79 Å². The van der Waals surface area contributed by atoms with E-state index in [1.165, 1.54) is 0 Å². The first-order valence-electron chi connectivity index (χ1n) is 5.95. The second-order valence-electron chi connectivity index (χ2n) is 4.71. The van der Waals surface area contributed by atoms with Gasteiger partial charge in [-0.2, -0.15) is 0 Å². The summed E-state index contributed by atoms with van der Waals surface area (Å²) in [5.74, 6) is -1.99. The number of rotatable bonds is 5. The van der Waals surface area contributed by atoms with Crippen LogP contribution in [0.15, 0.2) is 0 Å². The Morgan fingerprint density at radius 3 is 2.67 bits per heavy atom. The van der Waals surface area contributed by atoms with Gasteiger partial charge in [-0.05, 0) is 25.3 Å². The highest BCUT2D eigenvalue weighted by atomic mass is 16.4. The van der Waals surface area contributed by atoms with Crippen molar-refractivity contribution >= 4 is 17.8 Å². The van der Waals surface area contributed by atoms with E-state index in [1.54, 1.807) is 0 Å². The molecular weight excluding hydrogens is 238 g/mol. The van der Waals surface area contributed by atoms with Crippen LogP contribution >= 0.6 is 0 Å². The van der Waals surface area contributed by atoms with Crippen molar-refractivity contribution in [3.05, 3.63) is 0 Å². The van der Waals surface area contributed by atoms with E-state index in [2.05, 4.69) is 10.6 Å². The van der Waals surface area contributed by atoms with Crippen molar-refractivity contribution in [1.29, 1.82) is 0 Å². The first-order chi connectivity index (χ1) is 8.40. The van der Waals surface area contributed by atoms with Crippen molar-refractivity contribution in [3.8, 4) is 0 Å². The van der Waals surface area contributed by atoms with Gasteiger partial charge in [0.15, 0.2) is 0 Å². The molecule has 1 aliphatic heterocycles. The maximum Gasteiger partial charge on any atom is 0.326 e. The lowest BCUT2D eigenvalue weighted by Gasteiger charge is -2.28. The Hall–Kier alpha value is -1.63. The lowest BCUT2D eigenvalue weighted by Crippen LogP contribution is -2.53. The Kier molecular flexibility index (Phi) is 5.08. The third kappa shape index (κ3) is 4.33. The highest BCUT2D eigenvalue weighted by Crippen LogP contribution is 2.15. The van der Waals surface area contributed by atoms with Crippen LogP contribution in [0.25, 0.3) is 0 Å². The predicted molar refractivity (Wildman–Crippen MR) is 63.6 cm³/mol. The molecule has 1 heterocycles. The average Bonchev–Trinajstić information content (AvgIpc) is 2.27. The zero-order chi connectivity index (χ0) is 13.7. The van der Waals surface area contributed by atoms with Crippen LogP contribution < -0.4 is 16.4 Å². The van der Waals surface area contributed by atoms with E-state index in [0.29, 0.717) is 12.3 Å². The Morgan fingerprint density at radius 1 is 1.50 bits per heavy atom. The number of nitrogens with one attached hydrogen (secondary N) is 2. The minimum atomic E-state index is -1.26. The summed E-state index contributed by atoms with van der Waals surface area (Å²) in [6.45, 7) is 2.77. The minimum absolute atomic E-state index is 0.393. The summed E-state index contributed by atoms with van der Waals surface area (Å²) in [5.41, 5.74) is 4.94. The molecule has 0 aliphatic carbocycles. The van der Waals surface area contributed by atoms with Crippen molar-refractivity contribution in [1.82, 2.24) is 10.6 Å². The molecule has 18 heavy (non-hydrogen) atoms. The van der Waals surface area contributed by atoms with E-state index in [9.17, 15) is 14.4 Å². The maximum absolute atomic E-state index is 11.9. The Bertz CT molecular complexity index is 345. The second-order valence-corrected chi connectivity index (χ2v) is 4.71. The molecule has 102 valence electrons. The first-order valence-corrected chi connectivity index (χ1v) is 5.95. The van der Waals surface area contributed by atoms with Crippen molar-refractivity contribution in [2.24, 2.45) is 11.7 Å². The van der Waals surface area contributed by atoms with Gasteiger partial charge in [0.25, 0.3) is 0 Å². The Labute approximate surface area is 105 Å². The summed E-state index contributed by atoms with van der Waals surface area (Å²) in [4.78, 5) is 33.4. The van der Waals surface area contributed by atoms with Crippen LogP contribution in [0.4, 0.5) is 0 Å². The van der Waals surface area contributed by atoms with E-state index in [0.717, 1.165) is 13.0 Å². The molecule has 0 bridgehead atoms. The molecule has 0 spiro atoms. The predicted octanol–water partition coefficient (Wildman–Crippen LogP) is -1.18. The summed E-state index contributed by atoms with van der Waals surface area (Å²) < 4.78 is 0. The quantitative estimate of drug-likeness (QED) is 0.494. The molecule has 2 amide bonds.